The molecule has 1 atom stereocenters. The van der Waals surface area contributed by atoms with Crippen LogP contribution >= 0.6 is 22.7 Å². The molecule has 0 aliphatic rings. The van der Waals surface area contributed by atoms with E-state index < -0.39 is 17.7 Å². The van der Waals surface area contributed by atoms with Crippen LogP contribution in [0.5, 0.6) is 0 Å². The summed E-state index contributed by atoms with van der Waals surface area (Å²) in [5.41, 5.74) is 6.41. The minimum atomic E-state index is -0.760. The first kappa shape index (κ1) is 12.7. The van der Waals surface area contributed by atoms with Crippen LogP contribution in [-0.4, -0.2) is 0 Å². The number of benzene rings is 1. The third-order valence-corrected chi connectivity index (χ3v) is 5.27. The Morgan fingerprint density at radius 3 is 2.68 bits per heavy atom. The molecule has 1 nitrogen and oxygen atoms in total. The van der Waals surface area contributed by atoms with Crippen molar-refractivity contribution >= 4 is 32.1 Å². The van der Waals surface area contributed by atoms with Crippen molar-refractivity contribution in [1.29, 1.82) is 0 Å². The Kier molecular flexibility index (Phi) is 3.12. The van der Waals surface area contributed by atoms with E-state index in [0.29, 0.717) is 5.56 Å². The van der Waals surface area contributed by atoms with Crippen LogP contribution in [0.15, 0.2) is 29.6 Å². The predicted octanol–water partition coefficient (Wildman–Crippen LogP) is 4.60. The molecule has 2 heterocycles. The van der Waals surface area contributed by atoms with Gasteiger partial charge in [0.2, 0.25) is 0 Å². The van der Waals surface area contributed by atoms with Crippen molar-refractivity contribution in [1.82, 2.24) is 0 Å². The predicted molar refractivity (Wildman–Crippen MR) is 76.8 cm³/mol. The fourth-order valence-electron chi connectivity index (χ4n) is 2.04. The quantitative estimate of drug-likeness (QED) is 0.735. The molecule has 98 valence electrons. The lowest BCUT2D eigenvalue weighted by atomic mass is 10.0. The highest BCUT2D eigenvalue weighted by atomic mass is 32.1. The monoisotopic (exact) mass is 295 g/mol. The summed E-state index contributed by atoms with van der Waals surface area (Å²) in [4.78, 5) is 0.783. The summed E-state index contributed by atoms with van der Waals surface area (Å²) in [5, 5.41) is 1.99. The van der Waals surface area contributed by atoms with E-state index in [1.54, 1.807) is 18.3 Å². The molecule has 5 heteroatoms. The molecular weight excluding hydrogens is 284 g/mol. The Labute approximate surface area is 117 Å². The van der Waals surface area contributed by atoms with Gasteiger partial charge < -0.3 is 5.73 Å². The second-order valence-electron chi connectivity index (χ2n) is 4.37. The second kappa shape index (κ2) is 4.67. The lowest BCUT2D eigenvalue weighted by molar-refractivity contribution is 0.539. The van der Waals surface area contributed by atoms with Gasteiger partial charge in [0.1, 0.15) is 11.6 Å². The van der Waals surface area contributed by atoms with Crippen LogP contribution in [0.2, 0.25) is 0 Å². The van der Waals surface area contributed by atoms with Gasteiger partial charge >= 0.3 is 0 Å². The average molecular weight is 295 g/mol. The number of fused-ring (bicyclic) bond motifs is 1. The largest absolute Gasteiger partial charge is 0.319 e. The molecule has 1 unspecified atom stereocenters. The molecule has 19 heavy (non-hydrogen) atoms. The van der Waals surface area contributed by atoms with E-state index >= 15 is 0 Å². The lowest BCUT2D eigenvalue weighted by Crippen LogP contribution is -2.15. The summed E-state index contributed by atoms with van der Waals surface area (Å²) in [6, 6.07) is 5.84. The Balaban J connectivity index is 2.11. The summed E-state index contributed by atoms with van der Waals surface area (Å²) in [6.07, 6.45) is 0. The number of hydrogen-bond acceptors (Lipinski definition) is 3. The van der Waals surface area contributed by atoms with Gasteiger partial charge in [0.25, 0.3) is 0 Å². The van der Waals surface area contributed by atoms with Crippen LogP contribution in [-0.2, 0) is 0 Å². The van der Waals surface area contributed by atoms with E-state index in [4.69, 9.17) is 5.73 Å². The molecule has 0 saturated carbocycles. The molecule has 0 aliphatic carbocycles. The van der Waals surface area contributed by atoms with Gasteiger partial charge in [-0.25, -0.2) is 8.78 Å². The van der Waals surface area contributed by atoms with Crippen LogP contribution in [0.1, 0.15) is 22.0 Å². The zero-order valence-corrected chi connectivity index (χ0v) is 11.7. The van der Waals surface area contributed by atoms with Crippen molar-refractivity contribution in [3.8, 4) is 0 Å². The van der Waals surface area contributed by atoms with E-state index in [1.165, 1.54) is 23.5 Å². The van der Waals surface area contributed by atoms with Crippen LogP contribution < -0.4 is 5.73 Å². The van der Waals surface area contributed by atoms with Crippen molar-refractivity contribution < 1.29 is 8.78 Å². The highest BCUT2D eigenvalue weighted by Crippen LogP contribution is 2.36. The van der Waals surface area contributed by atoms with E-state index in [2.05, 4.69) is 0 Å². The molecule has 0 spiro atoms. The molecule has 0 aliphatic heterocycles. The maximum atomic E-state index is 14.1. The summed E-state index contributed by atoms with van der Waals surface area (Å²) < 4.78 is 30.1. The lowest BCUT2D eigenvalue weighted by Gasteiger charge is -2.13. The number of halogens is 2. The molecule has 2 N–H and O–H groups in total. The van der Waals surface area contributed by atoms with Gasteiger partial charge in [0.05, 0.1) is 6.04 Å². The Bertz CT molecular complexity index is 717. The van der Waals surface area contributed by atoms with Gasteiger partial charge in [-0.2, -0.15) is 0 Å². The first-order valence-electron chi connectivity index (χ1n) is 5.75. The minimum absolute atomic E-state index is 0.0473. The molecule has 0 fully saturated rings. The Morgan fingerprint density at radius 1 is 1.16 bits per heavy atom. The highest BCUT2D eigenvalue weighted by Gasteiger charge is 2.21. The number of nitrogens with two attached hydrogens (primary N) is 1. The second-order valence-corrected chi connectivity index (χ2v) is 6.43. The molecule has 1 aromatic carbocycles. The maximum absolute atomic E-state index is 14.1. The zero-order chi connectivity index (χ0) is 13.6. The van der Waals surface area contributed by atoms with Crippen molar-refractivity contribution in [3.63, 3.8) is 0 Å². The van der Waals surface area contributed by atoms with Crippen LogP contribution in [0.25, 0.3) is 9.40 Å². The minimum Gasteiger partial charge on any atom is -0.319 e. The normalized spacial score (nSPS) is 13.1. The van der Waals surface area contributed by atoms with Gasteiger partial charge in [0, 0.05) is 19.8 Å². The Morgan fingerprint density at radius 2 is 1.95 bits per heavy atom. The van der Waals surface area contributed by atoms with Crippen molar-refractivity contribution in [2.75, 3.05) is 0 Å². The average Bonchev–Trinajstić information content (AvgIpc) is 2.94. The van der Waals surface area contributed by atoms with Crippen molar-refractivity contribution in [2.45, 2.75) is 13.0 Å². The molecule has 0 amide bonds. The first-order chi connectivity index (χ1) is 9.08. The summed E-state index contributed by atoms with van der Waals surface area (Å²) in [5.74, 6) is -1.14. The number of rotatable bonds is 2. The standard InChI is InChI=1S/C14H11F2NS2/c1-7-2-3-8(15)12(13(7)16)14(17)11-6-10-9(19-11)4-5-18-10/h2-6,14H,17H2,1H3. The Hall–Kier alpha value is -1.30. The van der Waals surface area contributed by atoms with Gasteiger partial charge in [-0.1, -0.05) is 6.07 Å². The van der Waals surface area contributed by atoms with Crippen LogP contribution in [0.4, 0.5) is 8.78 Å². The topological polar surface area (TPSA) is 26.0 Å². The van der Waals surface area contributed by atoms with Crippen LogP contribution in [0.3, 0.4) is 0 Å². The van der Waals surface area contributed by atoms with E-state index in [0.717, 1.165) is 14.3 Å². The third kappa shape index (κ3) is 2.08. The van der Waals surface area contributed by atoms with Gasteiger partial charge in [0.15, 0.2) is 0 Å². The first-order valence-corrected chi connectivity index (χ1v) is 7.44. The number of hydrogen-bond donors (Lipinski definition) is 1. The molecular formula is C14H11F2NS2. The zero-order valence-electron chi connectivity index (χ0n) is 10.1. The molecule has 3 rings (SSSR count). The fraction of sp³-hybridized carbons (Fsp3) is 0.143. The van der Waals surface area contributed by atoms with Gasteiger partial charge in [-0.3, -0.25) is 0 Å². The molecule has 3 aromatic rings. The summed E-state index contributed by atoms with van der Waals surface area (Å²) >= 11 is 3.08. The third-order valence-electron chi connectivity index (χ3n) is 3.10. The van der Waals surface area contributed by atoms with Crippen molar-refractivity contribution in [2.24, 2.45) is 5.73 Å². The maximum Gasteiger partial charge on any atom is 0.134 e. The number of aryl methyl sites for hydroxylation is 1. The molecule has 0 bridgehead atoms. The van der Waals surface area contributed by atoms with E-state index in [1.807, 2.05) is 17.5 Å². The van der Waals surface area contributed by atoms with Gasteiger partial charge in [-0.15, -0.1) is 22.7 Å². The smallest absolute Gasteiger partial charge is 0.134 e. The van der Waals surface area contributed by atoms with E-state index in [-0.39, 0.29) is 5.56 Å². The van der Waals surface area contributed by atoms with Gasteiger partial charge in [-0.05, 0) is 36.1 Å². The van der Waals surface area contributed by atoms with Crippen molar-refractivity contribution in [3.05, 3.63) is 57.3 Å². The SMILES string of the molecule is Cc1ccc(F)c(C(N)c2cc3sccc3s2)c1F. The number of thiophene rings is 2. The summed E-state index contributed by atoms with van der Waals surface area (Å²) in [7, 11) is 0. The highest BCUT2D eigenvalue weighted by molar-refractivity contribution is 7.27. The molecule has 2 aromatic heterocycles. The molecule has 0 radical (unpaired) electrons. The van der Waals surface area contributed by atoms with E-state index in [9.17, 15) is 8.78 Å². The fourth-order valence-corrected chi connectivity index (χ4v) is 4.17. The van der Waals surface area contributed by atoms with Crippen LogP contribution in [0, 0.1) is 18.6 Å². The molecule has 0 saturated heterocycles. The summed E-state index contributed by atoms with van der Waals surface area (Å²) in [6.45, 7) is 1.61.